The first kappa shape index (κ1) is 10.8. The Morgan fingerprint density at radius 3 is 2.71 bits per heavy atom. The van der Waals surface area contributed by atoms with E-state index in [-0.39, 0.29) is 12.0 Å². The van der Waals surface area contributed by atoms with Crippen LogP contribution in [-0.2, 0) is 4.79 Å². The van der Waals surface area contributed by atoms with Gasteiger partial charge in [0.1, 0.15) is 0 Å². The number of hydrogen-bond acceptors (Lipinski definition) is 2. The third-order valence-corrected chi connectivity index (χ3v) is 3.87. The first-order valence-electron chi connectivity index (χ1n) is 6.35. The Bertz CT molecular complexity index is 417. The maximum absolute atomic E-state index is 12.2. The van der Waals surface area contributed by atoms with Crippen LogP contribution in [0.5, 0.6) is 0 Å². The van der Waals surface area contributed by atoms with Gasteiger partial charge in [-0.15, -0.1) is 0 Å². The van der Waals surface area contributed by atoms with Gasteiger partial charge in [0.05, 0.1) is 0 Å². The van der Waals surface area contributed by atoms with Crippen LogP contribution in [0.15, 0.2) is 30.3 Å². The van der Waals surface area contributed by atoms with Crippen molar-refractivity contribution in [3.63, 3.8) is 0 Å². The minimum Gasteiger partial charge on any atom is -0.341 e. The summed E-state index contributed by atoms with van der Waals surface area (Å²) < 4.78 is 0. The number of amides is 1. The predicted octanol–water partition coefficient (Wildman–Crippen LogP) is 1.35. The van der Waals surface area contributed by atoms with Crippen LogP contribution < -0.4 is 5.73 Å². The molecule has 2 unspecified atom stereocenters. The van der Waals surface area contributed by atoms with Crippen LogP contribution in [0, 0.1) is 5.92 Å². The Hall–Kier alpha value is -1.35. The van der Waals surface area contributed by atoms with E-state index < -0.39 is 0 Å². The van der Waals surface area contributed by atoms with E-state index in [0.717, 1.165) is 25.9 Å². The average molecular weight is 230 g/mol. The molecule has 1 aliphatic carbocycles. The fraction of sp³-hybridized carbons (Fsp3) is 0.500. The molecule has 2 N–H and O–H groups in total. The third-order valence-electron chi connectivity index (χ3n) is 3.87. The molecule has 0 spiro atoms. The van der Waals surface area contributed by atoms with Crippen LogP contribution in [0.4, 0.5) is 0 Å². The van der Waals surface area contributed by atoms with Crippen molar-refractivity contribution in [1.82, 2.24) is 4.90 Å². The number of nitrogens with zero attached hydrogens (tertiary/aromatic N) is 1. The standard InChI is InChI=1S/C14H18N2O/c15-11-6-7-16(9-11)14(17)13-8-12(13)10-4-2-1-3-5-10/h1-5,11-13H,6-9,15H2/t11-,12?,13?/m0/s1. The normalized spacial score (nSPS) is 31.6. The molecule has 3 atom stereocenters. The largest absolute Gasteiger partial charge is 0.341 e. The highest BCUT2D eigenvalue weighted by Gasteiger charge is 2.46. The summed E-state index contributed by atoms with van der Waals surface area (Å²) in [6.07, 6.45) is 1.96. The summed E-state index contributed by atoms with van der Waals surface area (Å²) >= 11 is 0. The van der Waals surface area contributed by atoms with Gasteiger partial charge < -0.3 is 10.6 Å². The van der Waals surface area contributed by atoms with E-state index in [0.29, 0.717) is 11.8 Å². The van der Waals surface area contributed by atoms with Gasteiger partial charge in [0.2, 0.25) is 5.91 Å². The number of carbonyl (C=O) groups is 1. The summed E-state index contributed by atoms with van der Waals surface area (Å²) in [7, 11) is 0. The third kappa shape index (κ3) is 2.07. The second-order valence-electron chi connectivity index (χ2n) is 5.19. The van der Waals surface area contributed by atoms with E-state index in [1.165, 1.54) is 5.56 Å². The van der Waals surface area contributed by atoms with Crippen molar-refractivity contribution >= 4 is 5.91 Å². The molecule has 1 aromatic carbocycles. The van der Waals surface area contributed by atoms with E-state index in [1.807, 2.05) is 23.1 Å². The maximum atomic E-state index is 12.2. The number of hydrogen-bond donors (Lipinski definition) is 1. The Morgan fingerprint density at radius 1 is 1.29 bits per heavy atom. The van der Waals surface area contributed by atoms with Gasteiger partial charge in [-0.1, -0.05) is 30.3 Å². The molecule has 1 aromatic rings. The van der Waals surface area contributed by atoms with Crippen molar-refractivity contribution in [3.05, 3.63) is 35.9 Å². The van der Waals surface area contributed by atoms with Crippen molar-refractivity contribution in [2.24, 2.45) is 11.7 Å². The van der Waals surface area contributed by atoms with Crippen molar-refractivity contribution in [3.8, 4) is 0 Å². The van der Waals surface area contributed by atoms with E-state index >= 15 is 0 Å². The Labute approximate surface area is 102 Å². The molecule has 3 rings (SSSR count). The molecule has 1 saturated carbocycles. The molecule has 1 amide bonds. The topological polar surface area (TPSA) is 46.3 Å². The summed E-state index contributed by atoms with van der Waals surface area (Å²) in [5, 5.41) is 0. The molecular formula is C14H18N2O. The van der Waals surface area contributed by atoms with Gasteiger partial charge in [0.25, 0.3) is 0 Å². The van der Waals surface area contributed by atoms with Gasteiger partial charge in [0.15, 0.2) is 0 Å². The minimum absolute atomic E-state index is 0.188. The van der Waals surface area contributed by atoms with Crippen molar-refractivity contribution in [2.75, 3.05) is 13.1 Å². The highest BCUT2D eigenvalue weighted by molar-refractivity contribution is 5.83. The van der Waals surface area contributed by atoms with Crippen LogP contribution in [0.25, 0.3) is 0 Å². The van der Waals surface area contributed by atoms with Crippen molar-refractivity contribution in [1.29, 1.82) is 0 Å². The van der Waals surface area contributed by atoms with E-state index in [4.69, 9.17) is 5.73 Å². The Kier molecular flexibility index (Phi) is 2.63. The minimum atomic E-state index is 0.188. The van der Waals surface area contributed by atoms with Gasteiger partial charge in [-0.3, -0.25) is 4.79 Å². The Morgan fingerprint density at radius 2 is 2.06 bits per heavy atom. The van der Waals surface area contributed by atoms with Gasteiger partial charge in [-0.25, -0.2) is 0 Å². The highest BCUT2D eigenvalue weighted by atomic mass is 16.2. The van der Waals surface area contributed by atoms with E-state index in [1.54, 1.807) is 0 Å². The molecule has 90 valence electrons. The molecular weight excluding hydrogens is 212 g/mol. The molecule has 17 heavy (non-hydrogen) atoms. The summed E-state index contributed by atoms with van der Waals surface area (Å²) in [4.78, 5) is 14.1. The monoisotopic (exact) mass is 230 g/mol. The smallest absolute Gasteiger partial charge is 0.226 e. The van der Waals surface area contributed by atoms with Gasteiger partial charge in [0, 0.05) is 25.0 Å². The summed E-state index contributed by atoms with van der Waals surface area (Å²) in [6, 6.07) is 10.5. The molecule has 1 aliphatic heterocycles. The second kappa shape index (κ2) is 4.15. The van der Waals surface area contributed by atoms with Crippen molar-refractivity contribution < 1.29 is 4.79 Å². The SMILES string of the molecule is N[C@H]1CCN(C(=O)C2CC2c2ccccc2)C1. The summed E-state index contributed by atoms with van der Waals surface area (Å²) in [5.41, 5.74) is 7.14. The first-order chi connectivity index (χ1) is 8.25. The highest BCUT2D eigenvalue weighted by Crippen LogP contribution is 2.48. The quantitative estimate of drug-likeness (QED) is 0.833. The lowest BCUT2D eigenvalue weighted by Crippen LogP contribution is -2.33. The summed E-state index contributed by atoms with van der Waals surface area (Å²) in [5.74, 6) is 0.968. The van der Waals surface area contributed by atoms with Crippen LogP contribution in [0.2, 0.25) is 0 Å². The first-order valence-corrected chi connectivity index (χ1v) is 6.35. The molecule has 1 heterocycles. The van der Waals surface area contributed by atoms with Crippen LogP contribution in [0.1, 0.15) is 24.3 Å². The van der Waals surface area contributed by atoms with E-state index in [9.17, 15) is 4.79 Å². The molecule has 0 bridgehead atoms. The number of nitrogens with two attached hydrogens (primary N) is 1. The Balaban J connectivity index is 1.63. The molecule has 2 fully saturated rings. The molecule has 0 aromatic heterocycles. The van der Waals surface area contributed by atoms with Crippen LogP contribution >= 0.6 is 0 Å². The fourth-order valence-corrected chi connectivity index (χ4v) is 2.76. The number of rotatable bonds is 2. The fourth-order valence-electron chi connectivity index (χ4n) is 2.76. The molecule has 0 radical (unpaired) electrons. The molecule has 1 saturated heterocycles. The van der Waals surface area contributed by atoms with Gasteiger partial charge in [-0.05, 0) is 24.3 Å². The number of benzene rings is 1. The second-order valence-corrected chi connectivity index (χ2v) is 5.19. The lowest BCUT2D eigenvalue weighted by molar-refractivity contribution is -0.131. The van der Waals surface area contributed by atoms with Gasteiger partial charge >= 0.3 is 0 Å². The number of likely N-dealkylation sites (tertiary alicyclic amines) is 1. The van der Waals surface area contributed by atoms with Gasteiger partial charge in [-0.2, -0.15) is 0 Å². The maximum Gasteiger partial charge on any atom is 0.226 e. The zero-order valence-electron chi connectivity index (χ0n) is 9.88. The lowest BCUT2D eigenvalue weighted by Gasteiger charge is -2.15. The predicted molar refractivity (Wildman–Crippen MR) is 66.5 cm³/mol. The lowest BCUT2D eigenvalue weighted by atomic mass is 10.1. The van der Waals surface area contributed by atoms with Crippen LogP contribution in [-0.4, -0.2) is 29.9 Å². The average Bonchev–Trinajstić information content (AvgIpc) is 3.05. The molecule has 3 heteroatoms. The number of carbonyl (C=O) groups excluding carboxylic acids is 1. The van der Waals surface area contributed by atoms with E-state index in [2.05, 4.69) is 12.1 Å². The van der Waals surface area contributed by atoms with Crippen molar-refractivity contribution in [2.45, 2.75) is 24.8 Å². The molecule has 2 aliphatic rings. The zero-order chi connectivity index (χ0) is 11.8. The molecule has 3 nitrogen and oxygen atoms in total. The zero-order valence-corrected chi connectivity index (χ0v) is 9.88. The van der Waals surface area contributed by atoms with Crippen LogP contribution in [0.3, 0.4) is 0 Å². The summed E-state index contributed by atoms with van der Waals surface area (Å²) in [6.45, 7) is 1.59.